The zero-order valence-electron chi connectivity index (χ0n) is 15.0. The highest BCUT2D eigenvalue weighted by Crippen LogP contribution is 2.21. The van der Waals surface area contributed by atoms with Crippen LogP contribution in [0.15, 0.2) is 36.5 Å². The smallest absolute Gasteiger partial charge is 0.224 e. The van der Waals surface area contributed by atoms with E-state index in [4.69, 9.17) is 4.74 Å². The van der Waals surface area contributed by atoms with E-state index >= 15 is 0 Å². The Bertz CT molecular complexity index is 654. The van der Waals surface area contributed by atoms with Crippen LogP contribution in [0.5, 0.6) is 5.75 Å². The van der Waals surface area contributed by atoms with E-state index in [0.717, 1.165) is 24.5 Å². The molecular formula is C20H28N4O. The van der Waals surface area contributed by atoms with E-state index in [0.29, 0.717) is 12.0 Å². The molecule has 1 aliphatic rings. The quantitative estimate of drug-likeness (QED) is 0.737. The van der Waals surface area contributed by atoms with Gasteiger partial charge in [0.2, 0.25) is 5.95 Å². The SMILES string of the molecule is COc1ccccc1CCNc1nccc(NC2CCCCCC2)n1. The molecular weight excluding hydrogens is 312 g/mol. The van der Waals surface area contributed by atoms with Gasteiger partial charge in [-0.25, -0.2) is 4.98 Å². The van der Waals surface area contributed by atoms with Gasteiger partial charge in [0, 0.05) is 18.8 Å². The number of methoxy groups -OCH3 is 1. The third-order valence-corrected chi connectivity index (χ3v) is 4.73. The molecule has 1 fully saturated rings. The van der Waals surface area contributed by atoms with Gasteiger partial charge in [-0.3, -0.25) is 0 Å². The molecule has 0 atom stereocenters. The Hall–Kier alpha value is -2.30. The third-order valence-electron chi connectivity index (χ3n) is 4.73. The van der Waals surface area contributed by atoms with E-state index in [2.05, 4.69) is 26.7 Å². The fraction of sp³-hybridized carbons (Fsp3) is 0.500. The van der Waals surface area contributed by atoms with Gasteiger partial charge >= 0.3 is 0 Å². The van der Waals surface area contributed by atoms with Crippen LogP contribution in [0.4, 0.5) is 11.8 Å². The maximum absolute atomic E-state index is 5.39. The van der Waals surface area contributed by atoms with E-state index < -0.39 is 0 Å². The largest absolute Gasteiger partial charge is 0.496 e. The van der Waals surface area contributed by atoms with Crippen LogP contribution in [0.25, 0.3) is 0 Å². The Morgan fingerprint density at radius 1 is 1.08 bits per heavy atom. The van der Waals surface area contributed by atoms with Gasteiger partial charge in [0.15, 0.2) is 0 Å². The zero-order valence-corrected chi connectivity index (χ0v) is 15.0. The number of benzene rings is 1. The molecule has 1 aromatic carbocycles. The molecule has 25 heavy (non-hydrogen) atoms. The van der Waals surface area contributed by atoms with Gasteiger partial charge < -0.3 is 15.4 Å². The summed E-state index contributed by atoms with van der Waals surface area (Å²) in [6.07, 6.45) is 10.5. The highest BCUT2D eigenvalue weighted by atomic mass is 16.5. The minimum absolute atomic E-state index is 0.541. The summed E-state index contributed by atoms with van der Waals surface area (Å²) in [7, 11) is 1.71. The summed E-state index contributed by atoms with van der Waals surface area (Å²) in [4.78, 5) is 8.94. The average Bonchev–Trinajstić information content (AvgIpc) is 2.91. The van der Waals surface area contributed by atoms with Crippen molar-refractivity contribution >= 4 is 11.8 Å². The summed E-state index contributed by atoms with van der Waals surface area (Å²) in [6.45, 7) is 0.771. The highest BCUT2D eigenvalue weighted by molar-refractivity contribution is 5.41. The maximum atomic E-state index is 5.39. The van der Waals surface area contributed by atoms with Gasteiger partial charge in [-0.15, -0.1) is 0 Å². The topological polar surface area (TPSA) is 59.1 Å². The van der Waals surface area contributed by atoms with Gasteiger partial charge in [0.05, 0.1) is 7.11 Å². The Morgan fingerprint density at radius 2 is 1.88 bits per heavy atom. The molecule has 2 N–H and O–H groups in total. The first kappa shape index (κ1) is 17.5. The number of ether oxygens (including phenoxy) is 1. The van der Waals surface area contributed by atoms with Crippen LogP contribution < -0.4 is 15.4 Å². The second-order valence-corrected chi connectivity index (χ2v) is 6.59. The van der Waals surface area contributed by atoms with Crippen LogP contribution in [0.3, 0.4) is 0 Å². The van der Waals surface area contributed by atoms with Crippen molar-refractivity contribution < 1.29 is 4.74 Å². The Balaban J connectivity index is 1.52. The van der Waals surface area contributed by atoms with Gasteiger partial charge in [0.1, 0.15) is 11.6 Å². The summed E-state index contributed by atoms with van der Waals surface area (Å²) >= 11 is 0. The minimum Gasteiger partial charge on any atom is -0.496 e. The van der Waals surface area contributed by atoms with Crippen LogP contribution in [-0.2, 0) is 6.42 Å². The highest BCUT2D eigenvalue weighted by Gasteiger charge is 2.12. The number of rotatable bonds is 7. The monoisotopic (exact) mass is 340 g/mol. The molecule has 0 radical (unpaired) electrons. The standard InChI is InChI=1S/C20H28N4O/c1-25-18-11-7-6-8-16(18)12-14-21-20-22-15-13-19(24-20)23-17-9-4-2-3-5-10-17/h6-8,11,13,15,17H,2-5,9-10,12,14H2,1H3,(H2,21,22,23,24). The third kappa shape index (κ3) is 5.34. The Morgan fingerprint density at radius 3 is 2.68 bits per heavy atom. The number of nitrogens with zero attached hydrogens (tertiary/aromatic N) is 2. The molecule has 5 heteroatoms. The predicted octanol–water partition coefficient (Wildman–Crippen LogP) is 4.27. The number of aromatic nitrogens is 2. The molecule has 0 saturated heterocycles. The normalized spacial score (nSPS) is 15.4. The molecule has 1 saturated carbocycles. The summed E-state index contributed by atoms with van der Waals surface area (Å²) in [5.74, 6) is 2.52. The molecule has 1 aliphatic carbocycles. The molecule has 0 amide bonds. The van der Waals surface area contributed by atoms with Crippen LogP contribution in [-0.4, -0.2) is 29.7 Å². The fourth-order valence-electron chi connectivity index (χ4n) is 3.38. The molecule has 1 heterocycles. The summed E-state index contributed by atoms with van der Waals surface area (Å²) in [5.41, 5.74) is 1.19. The lowest BCUT2D eigenvalue weighted by Crippen LogP contribution is -2.19. The van der Waals surface area contributed by atoms with E-state index in [9.17, 15) is 0 Å². The number of nitrogens with one attached hydrogen (secondary N) is 2. The molecule has 0 bridgehead atoms. The second-order valence-electron chi connectivity index (χ2n) is 6.59. The number of hydrogen-bond donors (Lipinski definition) is 2. The molecule has 5 nitrogen and oxygen atoms in total. The fourth-order valence-corrected chi connectivity index (χ4v) is 3.38. The molecule has 2 aromatic rings. The van der Waals surface area contributed by atoms with Gasteiger partial charge in [0.25, 0.3) is 0 Å². The van der Waals surface area contributed by atoms with Crippen molar-refractivity contribution in [3.63, 3.8) is 0 Å². The average molecular weight is 340 g/mol. The number of anilines is 2. The lowest BCUT2D eigenvalue weighted by Gasteiger charge is -2.17. The summed E-state index contributed by atoms with van der Waals surface area (Å²) < 4.78 is 5.39. The second kappa shape index (κ2) is 9.25. The predicted molar refractivity (Wildman–Crippen MR) is 102 cm³/mol. The zero-order chi connectivity index (χ0) is 17.3. The van der Waals surface area contributed by atoms with Crippen molar-refractivity contribution in [2.75, 3.05) is 24.3 Å². The summed E-state index contributed by atoms with van der Waals surface area (Å²) in [6, 6.07) is 10.6. The van der Waals surface area contributed by atoms with Crippen LogP contribution in [0, 0.1) is 0 Å². The number of para-hydroxylation sites is 1. The van der Waals surface area contributed by atoms with Crippen molar-refractivity contribution in [1.82, 2.24) is 9.97 Å². The first-order valence-electron chi connectivity index (χ1n) is 9.30. The Kier molecular flexibility index (Phi) is 6.48. The Labute approximate surface area is 150 Å². The van der Waals surface area contributed by atoms with Gasteiger partial charge in [-0.1, -0.05) is 43.9 Å². The van der Waals surface area contributed by atoms with E-state index in [1.54, 1.807) is 7.11 Å². The molecule has 3 rings (SSSR count). The first-order chi connectivity index (χ1) is 12.3. The lowest BCUT2D eigenvalue weighted by molar-refractivity contribution is 0.410. The van der Waals surface area contributed by atoms with Gasteiger partial charge in [-0.05, 0) is 37.0 Å². The maximum Gasteiger partial charge on any atom is 0.224 e. The molecule has 0 aliphatic heterocycles. The van der Waals surface area contributed by atoms with Gasteiger partial charge in [-0.2, -0.15) is 4.98 Å². The van der Waals surface area contributed by atoms with Crippen LogP contribution in [0.2, 0.25) is 0 Å². The molecule has 0 unspecified atom stereocenters. The van der Waals surface area contributed by atoms with Crippen molar-refractivity contribution in [2.24, 2.45) is 0 Å². The van der Waals surface area contributed by atoms with Crippen molar-refractivity contribution in [3.05, 3.63) is 42.1 Å². The van der Waals surface area contributed by atoms with Crippen molar-refractivity contribution in [1.29, 1.82) is 0 Å². The minimum atomic E-state index is 0.541. The van der Waals surface area contributed by atoms with Crippen LogP contribution in [0.1, 0.15) is 44.1 Å². The van der Waals surface area contributed by atoms with Crippen molar-refractivity contribution in [3.8, 4) is 5.75 Å². The van der Waals surface area contributed by atoms with E-state index in [1.165, 1.54) is 44.1 Å². The van der Waals surface area contributed by atoms with Crippen molar-refractivity contribution in [2.45, 2.75) is 51.0 Å². The van der Waals surface area contributed by atoms with E-state index in [-0.39, 0.29) is 0 Å². The molecule has 0 spiro atoms. The first-order valence-corrected chi connectivity index (χ1v) is 9.30. The van der Waals surface area contributed by atoms with Crippen LogP contribution >= 0.6 is 0 Å². The summed E-state index contributed by atoms with van der Waals surface area (Å²) in [5, 5.41) is 6.89. The molecule has 1 aromatic heterocycles. The van der Waals surface area contributed by atoms with E-state index in [1.807, 2.05) is 30.5 Å². The molecule has 134 valence electrons. The lowest BCUT2D eigenvalue weighted by atomic mass is 10.1. The number of hydrogen-bond acceptors (Lipinski definition) is 5.